The molecule has 2 aliphatic rings. The normalized spacial score (nSPS) is 20.5. The minimum Gasteiger partial charge on any atom is -0.486 e. The minimum atomic E-state index is 0.0228. The molecule has 6 nitrogen and oxygen atoms in total. The van der Waals surface area contributed by atoms with E-state index in [1.165, 1.54) is 5.56 Å². The Morgan fingerprint density at radius 1 is 1.23 bits per heavy atom. The molecule has 6 heteroatoms. The third kappa shape index (κ3) is 4.68. The van der Waals surface area contributed by atoms with Crippen molar-refractivity contribution in [3.05, 3.63) is 29.8 Å². The maximum absolute atomic E-state index is 12.3. The van der Waals surface area contributed by atoms with E-state index in [9.17, 15) is 4.79 Å². The number of aryl methyl sites for hydroxylation is 1. The summed E-state index contributed by atoms with van der Waals surface area (Å²) >= 11 is 0. The summed E-state index contributed by atoms with van der Waals surface area (Å²) in [6, 6.07) is 8.54. The summed E-state index contributed by atoms with van der Waals surface area (Å²) in [7, 11) is 2.16. The Labute approximate surface area is 157 Å². The van der Waals surface area contributed by atoms with Gasteiger partial charge in [-0.05, 0) is 32.0 Å². The van der Waals surface area contributed by atoms with Crippen LogP contribution in [-0.2, 0) is 6.42 Å². The van der Waals surface area contributed by atoms with Crippen LogP contribution >= 0.6 is 0 Å². The average molecular weight is 361 g/mol. The van der Waals surface area contributed by atoms with Gasteiger partial charge in [0.15, 0.2) is 0 Å². The molecule has 2 heterocycles. The predicted molar refractivity (Wildman–Crippen MR) is 104 cm³/mol. The van der Waals surface area contributed by atoms with Crippen LogP contribution in [0.2, 0.25) is 0 Å². The predicted octanol–water partition coefficient (Wildman–Crippen LogP) is 1.66. The molecule has 1 aromatic rings. The molecule has 2 fully saturated rings. The van der Waals surface area contributed by atoms with Gasteiger partial charge in [0.2, 0.25) is 0 Å². The molecule has 0 aromatic heterocycles. The summed E-state index contributed by atoms with van der Waals surface area (Å²) in [5.74, 6) is 0.948. The molecule has 0 spiro atoms. The van der Waals surface area contributed by atoms with Crippen molar-refractivity contribution in [2.45, 2.75) is 32.4 Å². The lowest BCUT2D eigenvalue weighted by molar-refractivity contribution is 0.0427. The van der Waals surface area contributed by atoms with Gasteiger partial charge in [0, 0.05) is 38.8 Å². The van der Waals surface area contributed by atoms with Gasteiger partial charge in [-0.15, -0.1) is 0 Å². The van der Waals surface area contributed by atoms with Gasteiger partial charge in [0.05, 0.1) is 13.1 Å². The summed E-state index contributed by atoms with van der Waals surface area (Å²) in [6.07, 6.45) is 1.06. The zero-order valence-corrected chi connectivity index (χ0v) is 16.3. The summed E-state index contributed by atoms with van der Waals surface area (Å²) in [5.41, 5.74) is 1.22. The number of carbonyl (C=O) groups is 1. The van der Waals surface area contributed by atoms with E-state index in [1.807, 2.05) is 23.1 Å². The van der Waals surface area contributed by atoms with E-state index < -0.39 is 0 Å². The first kappa shape index (κ1) is 19.0. The maximum atomic E-state index is 12.3. The topological polar surface area (TPSA) is 48.1 Å². The lowest BCUT2D eigenvalue weighted by atomic mass is 10.1. The SMILES string of the molecule is CCc1ccccc1OC1CN(C(=O)NC[C@@H](C)N2CCN(C)CC2)C1. The Hall–Kier alpha value is -1.79. The highest BCUT2D eigenvalue weighted by molar-refractivity contribution is 5.75. The third-order valence-electron chi connectivity index (χ3n) is 5.49. The van der Waals surface area contributed by atoms with Gasteiger partial charge in [0.1, 0.15) is 11.9 Å². The Balaban J connectivity index is 1.37. The van der Waals surface area contributed by atoms with Crippen LogP contribution in [0.25, 0.3) is 0 Å². The van der Waals surface area contributed by atoms with Crippen molar-refractivity contribution < 1.29 is 9.53 Å². The van der Waals surface area contributed by atoms with E-state index in [0.717, 1.165) is 38.3 Å². The number of carbonyl (C=O) groups excluding carboxylic acids is 1. The van der Waals surface area contributed by atoms with Crippen molar-refractivity contribution in [3.8, 4) is 5.75 Å². The highest BCUT2D eigenvalue weighted by atomic mass is 16.5. The average Bonchev–Trinajstić information content (AvgIpc) is 2.63. The summed E-state index contributed by atoms with van der Waals surface area (Å²) in [4.78, 5) is 18.9. The van der Waals surface area contributed by atoms with Crippen molar-refractivity contribution in [1.82, 2.24) is 20.0 Å². The minimum absolute atomic E-state index is 0.0228. The van der Waals surface area contributed by atoms with Crippen molar-refractivity contribution in [2.75, 3.05) is 52.9 Å². The van der Waals surface area contributed by atoms with Gasteiger partial charge in [0.25, 0.3) is 0 Å². The van der Waals surface area contributed by atoms with Gasteiger partial charge >= 0.3 is 6.03 Å². The zero-order valence-electron chi connectivity index (χ0n) is 16.3. The maximum Gasteiger partial charge on any atom is 0.317 e. The van der Waals surface area contributed by atoms with Crippen molar-refractivity contribution in [2.24, 2.45) is 0 Å². The Morgan fingerprint density at radius 2 is 1.92 bits per heavy atom. The number of likely N-dealkylation sites (tertiary alicyclic amines) is 1. The fourth-order valence-corrected chi connectivity index (χ4v) is 3.51. The highest BCUT2D eigenvalue weighted by Crippen LogP contribution is 2.23. The molecule has 2 aliphatic heterocycles. The number of nitrogens with one attached hydrogen (secondary N) is 1. The van der Waals surface area contributed by atoms with Crippen LogP contribution in [0, 0.1) is 0 Å². The molecule has 0 bridgehead atoms. The molecule has 0 unspecified atom stereocenters. The molecule has 1 N–H and O–H groups in total. The monoisotopic (exact) mass is 360 g/mol. The van der Waals surface area contributed by atoms with E-state index in [0.29, 0.717) is 25.7 Å². The first-order valence-electron chi connectivity index (χ1n) is 9.76. The van der Waals surface area contributed by atoms with E-state index >= 15 is 0 Å². The molecule has 2 amide bonds. The molecular weight excluding hydrogens is 328 g/mol. The van der Waals surface area contributed by atoms with Crippen LogP contribution in [0.3, 0.4) is 0 Å². The van der Waals surface area contributed by atoms with Crippen LogP contribution in [0.1, 0.15) is 19.4 Å². The number of para-hydroxylation sites is 1. The summed E-state index contributed by atoms with van der Waals surface area (Å²) in [6.45, 7) is 10.7. The van der Waals surface area contributed by atoms with Gasteiger partial charge in [-0.1, -0.05) is 25.1 Å². The fraction of sp³-hybridized carbons (Fsp3) is 0.650. The number of urea groups is 1. The summed E-state index contributed by atoms with van der Waals surface area (Å²) < 4.78 is 6.05. The second-order valence-electron chi connectivity index (χ2n) is 7.48. The molecule has 3 rings (SSSR count). The molecular formula is C20H32N4O2. The van der Waals surface area contributed by atoms with Crippen LogP contribution in [0.4, 0.5) is 4.79 Å². The molecule has 1 atom stereocenters. The standard InChI is InChI=1S/C20H32N4O2/c1-4-17-7-5-6-8-19(17)26-18-14-24(15-18)20(25)21-13-16(2)23-11-9-22(3)10-12-23/h5-8,16,18H,4,9-15H2,1-3H3,(H,21,25)/t16-/m1/s1. The Kier molecular flexibility index (Phi) is 6.38. The Bertz CT molecular complexity index is 595. The van der Waals surface area contributed by atoms with Crippen molar-refractivity contribution >= 4 is 6.03 Å². The number of piperazine rings is 1. The van der Waals surface area contributed by atoms with Crippen molar-refractivity contribution in [3.63, 3.8) is 0 Å². The van der Waals surface area contributed by atoms with Gasteiger partial charge in [-0.25, -0.2) is 4.79 Å². The van der Waals surface area contributed by atoms with E-state index in [4.69, 9.17) is 4.74 Å². The largest absolute Gasteiger partial charge is 0.486 e. The lowest BCUT2D eigenvalue weighted by Gasteiger charge is -2.40. The number of hydrogen-bond donors (Lipinski definition) is 1. The van der Waals surface area contributed by atoms with Crippen molar-refractivity contribution in [1.29, 1.82) is 0 Å². The molecule has 26 heavy (non-hydrogen) atoms. The van der Waals surface area contributed by atoms with E-state index in [2.05, 4.69) is 42.1 Å². The molecule has 144 valence electrons. The first-order chi connectivity index (χ1) is 12.6. The number of rotatable bonds is 6. The van der Waals surface area contributed by atoms with Gasteiger partial charge in [-0.3, -0.25) is 4.90 Å². The third-order valence-corrected chi connectivity index (χ3v) is 5.49. The van der Waals surface area contributed by atoms with E-state index in [-0.39, 0.29) is 12.1 Å². The lowest BCUT2D eigenvalue weighted by Crippen LogP contribution is -2.60. The van der Waals surface area contributed by atoms with Gasteiger partial charge < -0.3 is 19.9 Å². The smallest absolute Gasteiger partial charge is 0.317 e. The van der Waals surface area contributed by atoms with E-state index in [1.54, 1.807) is 0 Å². The number of nitrogens with zero attached hydrogens (tertiary/aromatic N) is 3. The quantitative estimate of drug-likeness (QED) is 0.838. The number of hydrogen-bond acceptors (Lipinski definition) is 4. The van der Waals surface area contributed by atoms with Crippen LogP contribution in [0.15, 0.2) is 24.3 Å². The first-order valence-corrected chi connectivity index (χ1v) is 9.76. The van der Waals surface area contributed by atoms with Crippen LogP contribution < -0.4 is 10.1 Å². The second-order valence-corrected chi connectivity index (χ2v) is 7.48. The molecule has 0 radical (unpaired) electrons. The number of likely N-dealkylation sites (N-methyl/N-ethyl adjacent to an activating group) is 1. The van der Waals surface area contributed by atoms with Crippen LogP contribution in [-0.4, -0.2) is 85.7 Å². The molecule has 2 saturated heterocycles. The number of benzene rings is 1. The molecule has 0 aliphatic carbocycles. The fourth-order valence-electron chi connectivity index (χ4n) is 3.51. The zero-order chi connectivity index (χ0) is 18.5. The van der Waals surface area contributed by atoms with Crippen LogP contribution in [0.5, 0.6) is 5.75 Å². The number of amides is 2. The second kappa shape index (κ2) is 8.73. The molecule has 0 saturated carbocycles. The highest BCUT2D eigenvalue weighted by Gasteiger charge is 2.33. The summed E-state index contributed by atoms with van der Waals surface area (Å²) in [5, 5.41) is 3.08. The van der Waals surface area contributed by atoms with Gasteiger partial charge in [-0.2, -0.15) is 0 Å². The number of ether oxygens (including phenoxy) is 1. The molecule has 1 aromatic carbocycles. The Morgan fingerprint density at radius 3 is 2.62 bits per heavy atom.